The molecular weight excluding hydrogens is 461 g/mol. The number of aromatic nitrogens is 3. The van der Waals surface area contributed by atoms with Gasteiger partial charge in [-0.05, 0) is 30.3 Å². The first kappa shape index (κ1) is 22.5. The van der Waals surface area contributed by atoms with Gasteiger partial charge in [-0.1, -0.05) is 30.0 Å². The van der Waals surface area contributed by atoms with Crippen LogP contribution in [0.2, 0.25) is 0 Å². The van der Waals surface area contributed by atoms with Crippen LogP contribution < -0.4 is 19.7 Å². The van der Waals surface area contributed by atoms with Crippen molar-refractivity contribution in [3.8, 4) is 17.2 Å². The van der Waals surface area contributed by atoms with Crippen LogP contribution in [-0.4, -0.2) is 72.0 Å². The summed E-state index contributed by atoms with van der Waals surface area (Å²) in [5, 5.41) is 12.0. The van der Waals surface area contributed by atoms with Crippen LogP contribution in [0.3, 0.4) is 0 Å². The van der Waals surface area contributed by atoms with Gasteiger partial charge >= 0.3 is 0 Å². The normalized spacial score (nSPS) is 17.4. The molecule has 0 radical (unpaired) electrons. The number of benzene rings is 2. The van der Waals surface area contributed by atoms with E-state index in [1.807, 2.05) is 29.2 Å². The molecule has 11 heteroatoms. The topological polar surface area (TPSA) is 90.7 Å². The lowest BCUT2D eigenvalue weighted by molar-refractivity contribution is -0.119. The number of fused-ring (bicyclic) bond motifs is 1. The Morgan fingerprint density at radius 1 is 1.12 bits per heavy atom. The summed E-state index contributed by atoms with van der Waals surface area (Å²) in [6.45, 7) is 3.16. The zero-order valence-corrected chi connectivity index (χ0v) is 19.2. The summed E-state index contributed by atoms with van der Waals surface area (Å²) in [7, 11) is 0. The molecule has 3 heterocycles. The molecule has 1 amide bonds. The molecule has 0 bridgehead atoms. The summed E-state index contributed by atoms with van der Waals surface area (Å²) in [6, 6.07) is 13.7. The SMILES string of the molecule is O=C(CSc1nnc(N2CCOCC2)n1-c1cccc(F)c1)NCC1COc2ccccc2O1. The minimum Gasteiger partial charge on any atom is -0.486 e. The lowest BCUT2D eigenvalue weighted by atomic mass is 10.2. The molecule has 1 saturated heterocycles. The quantitative estimate of drug-likeness (QED) is 0.510. The van der Waals surface area contributed by atoms with Crippen molar-refractivity contribution in [2.45, 2.75) is 11.3 Å². The largest absolute Gasteiger partial charge is 0.486 e. The van der Waals surface area contributed by atoms with Crippen LogP contribution in [0.25, 0.3) is 5.69 Å². The first-order chi connectivity index (χ1) is 16.7. The van der Waals surface area contributed by atoms with Crippen LogP contribution in [0, 0.1) is 5.82 Å². The highest BCUT2D eigenvalue weighted by atomic mass is 32.2. The molecule has 3 aromatic rings. The molecule has 1 fully saturated rings. The van der Waals surface area contributed by atoms with E-state index < -0.39 is 0 Å². The Labute approximate surface area is 200 Å². The van der Waals surface area contributed by atoms with Gasteiger partial charge in [0, 0.05) is 13.1 Å². The van der Waals surface area contributed by atoms with Gasteiger partial charge < -0.3 is 24.4 Å². The lowest BCUT2D eigenvalue weighted by Gasteiger charge is -2.28. The molecule has 1 N–H and O–H groups in total. The van der Waals surface area contributed by atoms with E-state index in [4.69, 9.17) is 14.2 Å². The van der Waals surface area contributed by atoms with Crippen LogP contribution >= 0.6 is 11.8 Å². The van der Waals surface area contributed by atoms with E-state index in [-0.39, 0.29) is 23.6 Å². The van der Waals surface area contributed by atoms with Crippen molar-refractivity contribution in [1.29, 1.82) is 0 Å². The highest BCUT2D eigenvalue weighted by Gasteiger charge is 2.24. The van der Waals surface area contributed by atoms with Crippen molar-refractivity contribution in [2.24, 2.45) is 0 Å². The predicted molar refractivity (Wildman–Crippen MR) is 124 cm³/mol. The number of carbonyl (C=O) groups is 1. The van der Waals surface area contributed by atoms with E-state index >= 15 is 0 Å². The smallest absolute Gasteiger partial charge is 0.232 e. The van der Waals surface area contributed by atoms with Crippen molar-refractivity contribution in [3.05, 3.63) is 54.3 Å². The van der Waals surface area contributed by atoms with Crippen molar-refractivity contribution in [2.75, 3.05) is 50.1 Å². The number of carbonyl (C=O) groups excluding carboxylic acids is 1. The van der Waals surface area contributed by atoms with E-state index in [0.29, 0.717) is 67.7 Å². The first-order valence-corrected chi connectivity index (χ1v) is 12.0. The summed E-state index contributed by atoms with van der Waals surface area (Å²) < 4.78 is 32.7. The molecule has 1 atom stereocenters. The maximum Gasteiger partial charge on any atom is 0.232 e. The number of halogens is 1. The molecule has 178 valence electrons. The minimum absolute atomic E-state index is 0.126. The van der Waals surface area contributed by atoms with Crippen molar-refractivity contribution in [3.63, 3.8) is 0 Å². The fourth-order valence-corrected chi connectivity index (χ4v) is 4.51. The zero-order valence-electron chi connectivity index (χ0n) is 18.4. The van der Waals surface area contributed by atoms with Gasteiger partial charge in [0.15, 0.2) is 16.7 Å². The summed E-state index contributed by atoms with van der Waals surface area (Å²) in [5.74, 6) is 1.57. The molecule has 0 aliphatic carbocycles. The number of thioether (sulfide) groups is 1. The number of nitrogens with one attached hydrogen (secondary N) is 1. The van der Waals surface area contributed by atoms with Crippen LogP contribution in [-0.2, 0) is 9.53 Å². The maximum absolute atomic E-state index is 14.0. The van der Waals surface area contributed by atoms with Gasteiger partial charge in [-0.3, -0.25) is 9.36 Å². The Kier molecular flexibility index (Phi) is 6.82. The Morgan fingerprint density at radius 2 is 1.94 bits per heavy atom. The van der Waals surface area contributed by atoms with Crippen molar-refractivity contribution < 1.29 is 23.4 Å². The van der Waals surface area contributed by atoms with Crippen LogP contribution in [0.5, 0.6) is 11.5 Å². The second-order valence-electron chi connectivity index (χ2n) is 7.79. The Bertz CT molecular complexity index is 1150. The number of para-hydroxylation sites is 2. The summed E-state index contributed by atoms with van der Waals surface area (Å²) in [6.07, 6.45) is -0.271. The Hall–Kier alpha value is -3.31. The average molecular weight is 486 g/mol. The molecule has 34 heavy (non-hydrogen) atoms. The molecule has 2 aliphatic heterocycles. The predicted octanol–water partition coefficient (Wildman–Crippen LogP) is 2.29. The second-order valence-corrected chi connectivity index (χ2v) is 8.73. The number of nitrogens with zero attached hydrogens (tertiary/aromatic N) is 4. The third-order valence-corrected chi connectivity index (χ3v) is 6.33. The van der Waals surface area contributed by atoms with E-state index in [9.17, 15) is 9.18 Å². The van der Waals surface area contributed by atoms with Gasteiger partial charge in [0.2, 0.25) is 11.9 Å². The molecule has 2 aliphatic rings. The molecule has 1 unspecified atom stereocenters. The average Bonchev–Trinajstić information content (AvgIpc) is 3.30. The van der Waals surface area contributed by atoms with Gasteiger partial charge in [-0.25, -0.2) is 4.39 Å². The third kappa shape index (κ3) is 5.10. The summed E-state index contributed by atoms with van der Waals surface area (Å²) in [5.41, 5.74) is 0.598. The monoisotopic (exact) mass is 485 g/mol. The van der Waals surface area contributed by atoms with Crippen LogP contribution in [0.1, 0.15) is 0 Å². The number of hydrogen-bond donors (Lipinski definition) is 1. The van der Waals surface area contributed by atoms with Gasteiger partial charge in [0.25, 0.3) is 0 Å². The standard InChI is InChI=1S/C23H24FN5O4S/c24-16-4-3-5-17(12-16)29-22(28-8-10-31-11-9-28)26-27-23(29)34-15-21(30)25-13-18-14-32-19-6-1-2-7-20(19)33-18/h1-7,12,18H,8-11,13-15H2,(H,25,30). The Morgan fingerprint density at radius 3 is 2.76 bits per heavy atom. The van der Waals surface area contributed by atoms with Gasteiger partial charge in [0.1, 0.15) is 18.5 Å². The number of anilines is 1. The molecule has 2 aromatic carbocycles. The van der Waals surface area contributed by atoms with E-state index in [1.54, 1.807) is 16.7 Å². The Balaban J connectivity index is 1.23. The van der Waals surface area contributed by atoms with E-state index in [1.165, 1.54) is 23.9 Å². The molecular formula is C23H24FN5O4S. The molecule has 9 nitrogen and oxygen atoms in total. The fourth-order valence-electron chi connectivity index (χ4n) is 3.74. The second kappa shape index (κ2) is 10.3. The summed E-state index contributed by atoms with van der Waals surface area (Å²) in [4.78, 5) is 14.6. The number of rotatable bonds is 7. The van der Waals surface area contributed by atoms with Crippen molar-refractivity contribution in [1.82, 2.24) is 20.1 Å². The van der Waals surface area contributed by atoms with E-state index in [2.05, 4.69) is 15.5 Å². The number of morpholine rings is 1. The van der Waals surface area contributed by atoms with E-state index in [0.717, 1.165) is 0 Å². The van der Waals surface area contributed by atoms with Crippen LogP contribution in [0.15, 0.2) is 53.7 Å². The highest BCUT2D eigenvalue weighted by Crippen LogP contribution is 2.31. The highest BCUT2D eigenvalue weighted by molar-refractivity contribution is 7.99. The van der Waals surface area contributed by atoms with Crippen LogP contribution in [0.4, 0.5) is 10.3 Å². The molecule has 5 rings (SSSR count). The van der Waals surface area contributed by atoms with Gasteiger partial charge in [0.05, 0.1) is 31.2 Å². The molecule has 0 saturated carbocycles. The molecule has 1 aromatic heterocycles. The third-order valence-electron chi connectivity index (χ3n) is 5.40. The van der Waals surface area contributed by atoms with Gasteiger partial charge in [-0.2, -0.15) is 0 Å². The fraction of sp³-hybridized carbons (Fsp3) is 0.348. The number of hydrogen-bond acceptors (Lipinski definition) is 8. The maximum atomic E-state index is 14.0. The first-order valence-electron chi connectivity index (χ1n) is 11.0. The number of amides is 1. The molecule has 0 spiro atoms. The minimum atomic E-state index is -0.357. The lowest BCUT2D eigenvalue weighted by Crippen LogP contribution is -2.41. The summed E-state index contributed by atoms with van der Waals surface area (Å²) >= 11 is 1.24. The van der Waals surface area contributed by atoms with Crippen molar-refractivity contribution >= 4 is 23.6 Å². The van der Waals surface area contributed by atoms with Gasteiger partial charge in [-0.15, -0.1) is 10.2 Å². The zero-order chi connectivity index (χ0) is 23.3. The number of ether oxygens (including phenoxy) is 3.